The van der Waals surface area contributed by atoms with Crippen molar-refractivity contribution in [3.63, 3.8) is 0 Å². The quantitative estimate of drug-likeness (QED) is 0.0417. The molecule has 0 rings (SSSR count). The molecule has 0 saturated heterocycles. The second kappa shape index (κ2) is 77.3. The van der Waals surface area contributed by atoms with E-state index in [1.54, 1.807) is 0 Å². The van der Waals surface area contributed by atoms with Gasteiger partial charge < -0.3 is 20.3 Å². The van der Waals surface area contributed by atoms with E-state index in [-0.39, 0.29) is 18.5 Å². The molecule has 0 aliphatic carbocycles. The SMILES string of the molecule is CCCCCCCCCCCCCCCCCCCCCCCCC(O)C(CO)NC(=O)CCCCCCCCCCCCCCCCCCCCCCCCCCCCCCCOC(=O)CCCCCCCCCCCCCCCCCCCCC. The van der Waals surface area contributed by atoms with E-state index in [1.165, 1.54) is 411 Å². The number of ether oxygens (including phenoxy) is 1. The minimum atomic E-state index is -0.662. The van der Waals surface area contributed by atoms with E-state index in [1.807, 2.05) is 0 Å². The molecular formula is C81H161NO5. The summed E-state index contributed by atoms with van der Waals surface area (Å²) in [5.74, 6) is 0.00109. The fourth-order valence-corrected chi connectivity index (χ4v) is 13.5. The van der Waals surface area contributed by atoms with Crippen LogP contribution in [0.1, 0.15) is 483 Å². The first kappa shape index (κ1) is 85.9. The first-order valence-corrected chi connectivity index (χ1v) is 40.8. The van der Waals surface area contributed by atoms with Gasteiger partial charge in [0.25, 0.3) is 0 Å². The molecule has 6 heteroatoms. The largest absolute Gasteiger partial charge is 0.466 e. The van der Waals surface area contributed by atoms with Crippen LogP contribution in [0.15, 0.2) is 0 Å². The average molecular weight is 1230 g/mol. The molecule has 0 aromatic rings. The number of hydrogen-bond acceptors (Lipinski definition) is 5. The molecule has 0 bridgehead atoms. The molecular weight excluding hydrogens is 1070 g/mol. The summed E-state index contributed by atoms with van der Waals surface area (Å²) in [6.07, 6.45) is 96.3. The van der Waals surface area contributed by atoms with Crippen molar-refractivity contribution in [1.82, 2.24) is 5.32 Å². The van der Waals surface area contributed by atoms with Crippen LogP contribution in [-0.2, 0) is 14.3 Å². The topological polar surface area (TPSA) is 95.9 Å². The second-order valence-electron chi connectivity index (χ2n) is 28.5. The van der Waals surface area contributed by atoms with Crippen molar-refractivity contribution in [3.05, 3.63) is 0 Å². The maximum atomic E-state index is 12.6. The highest BCUT2D eigenvalue weighted by Crippen LogP contribution is 2.21. The normalized spacial score (nSPS) is 12.4. The molecule has 3 N–H and O–H groups in total. The molecule has 520 valence electrons. The highest BCUT2D eigenvalue weighted by atomic mass is 16.5. The third kappa shape index (κ3) is 73.8. The van der Waals surface area contributed by atoms with Crippen LogP contribution < -0.4 is 5.32 Å². The van der Waals surface area contributed by atoms with Crippen molar-refractivity contribution in [1.29, 1.82) is 0 Å². The predicted molar refractivity (Wildman–Crippen MR) is 384 cm³/mol. The third-order valence-corrected chi connectivity index (χ3v) is 19.7. The zero-order valence-corrected chi connectivity index (χ0v) is 59.8. The Hall–Kier alpha value is -1.14. The predicted octanol–water partition coefficient (Wildman–Crippen LogP) is 26.9. The monoisotopic (exact) mass is 1230 g/mol. The third-order valence-electron chi connectivity index (χ3n) is 19.7. The average Bonchev–Trinajstić information content (AvgIpc) is 3.52. The van der Waals surface area contributed by atoms with E-state index in [0.717, 1.165) is 38.5 Å². The molecule has 0 radical (unpaired) electrons. The molecule has 87 heavy (non-hydrogen) atoms. The summed E-state index contributed by atoms with van der Waals surface area (Å²) >= 11 is 0. The highest BCUT2D eigenvalue weighted by Gasteiger charge is 2.20. The van der Waals surface area contributed by atoms with E-state index in [4.69, 9.17) is 4.74 Å². The van der Waals surface area contributed by atoms with Crippen LogP contribution >= 0.6 is 0 Å². The summed E-state index contributed by atoms with van der Waals surface area (Å²) in [5, 5.41) is 23.5. The summed E-state index contributed by atoms with van der Waals surface area (Å²) in [7, 11) is 0. The van der Waals surface area contributed by atoms with Crippen LogP contribution in [0.25, 0.3) is 0 Å². The molecule has 1 amide bonds. The fraction of sp³-hybridized carbons (Fsp3) is 0.975. The number of unbranched alkanes of at least 4 members (excludes halogenated alkanes) is 67. The number of hydrogen-bond donors (Lipinski definition) is 3. The summed E-state index contributed by atoms with van der Waals surface area (Å²) in [6.45, 7) is 5.03. The van der Waals surface area contributed by atoms with Crippen molar-refractivity contribution in [2.45, 2.75) is 495 Å². The summed E-state index contributed by atoms with van der Waals surface area (Å²) in [6, 6.07) is -0.539. The first-order chi connectivity index (χ1) is 43.0. The van der Waals surface area contributed by atoms with Crippen LogP contribution in [0.2, 0.25) is 0 Å². The van der Waals surface area contributed by atoms with Gasteiger partial charge in [-0.05, 0) is 25.7 Å². The Balaban J connectivity index is 3.32. The van der Waals surface area contributed by atoms with E-state index in [2.05, 4.69) is 19.2 Å². The van der Waals surface area contributed by atoms with Gasteiger partial charge in [-0.1, -0.05) is 444 Å². The highest BCUT2D eigenvalue weighted by molar-refractivity contribution is 5.76. The lowest BCUT2D eigenvalue weighted by atomic mass is 10.0. The number of aliphatic hydroxyl groups excluding tert-OH is 2. The molecule has 0 aliphatic heterocycles. The van der Waals surface area contributed by atoms with Crippen molar-refractivity contribution in [2.75, 3.05) is 13.2 Å². The number of amides is 1. The van der Waals surface area contributed by atoms with Crippen molar-refractivity contribution in [3.8, 4) is 0 Å². The number of carbonyl (C=O) groups excluding carboxylic acids is 2. The molecule has 0 saturated carbocycles. The number of aliphatic hydroxyl groups is 2. The van der Waals surface area contributed by atoms with Crippen LogP contribution in [0.5, 0.6) is 0 Å². The Morgan fingerprint density at radius 1 is 0.276 bits per heavy atom. The van der Waals surface area contributed by atoms with E-state index in [0.29, 0.717) is 25.9 Å². The standard InChI is InChI=1S/C81H161NO5/c1-3-5-7-9-11-13-15-17-19-21-23-24-34-38-41-45-49-53-57-61-65-69-73-79(84)78(77-83)82-80(85)74-70-66-62-58-54-50-46-42-39-35-32-30-28-26-25-27-29-31-33-36-40-44-48-52-56-60-64-68-72-76-87-81(86)75-71-67-63-59-55-51-47-43-37-22-20-18-16-14-12-10-8-6-4-2/h78-79,83-84H,3-77H2,1-2H3,(H,82,85). The first-order valence-electron chi connectivity index (χ1n) is 40.8. The van der Waals surface area contributed by atoms with Gasteiger partial charge in [-0.15, -0.1) is 0 Å². The lowest BCUT2D eigenvalue weighted by Gasteiger charge is -2.22. The minimum absolute atomic E-state index is 0.0250. The Morgan fingerprint density at radius 3 is 0.701 bits per heavy atom. The Labute approximate surface area is 547 Å². The van der Waals surface area contributed by atoms with Gasteiger partial charge in [0, 0.05) is 12.8 Å². The molecule has 0 aromatic carbocycles. The lowest BCUT2D eigenvalue weighted by Crippen LogP contribution is -2.45. The molecule has 0 fully saturated rings. The molecule has 0 aromatic heterocycles. The van der Waals surface area contributed by atoms with Gasteiger partial charge in [0.05, 0.1) is 25.4 Å². The van der Waals surface area contributed by atoms with Crippen molar-refractivity contribution in [2.24, 2.45) is 0 Å². The van der Waals surface area contributed by atoms with Gasteiger partial charge >= 0.3 is 5.97 Å². The van der Waals surface area contributed by atoms with Crippen LogP contribution in [-0.4, -0.2) is 47.4 Å². The lowest BCUT2D eigenvalue weighted by molar-refractivity contribution is -0.143. The fourth-order valence-electron chi connectivity index (χ4n) is 13.5. The molecule has 0 aliphatic rings. The number of carbonyl (C=O) groups is 2. The van der Waals surface area contributed by atoms with Crippen LogP contribution in [0, 0.1) is 0 Å². The van der Waals surface area contributed by atoms with Crippen molar-refractivity contribution < 1.29 is 24.5 Å². The number of esters is 1. The Bertz CT molecular complexity index is 1280. The maximum Gasteiger partial charge on any atom is 0.305 e. The molecule has 2 atom stereocenters. The summed E-state index contributed by atoms with van der Waals surface area (Å²) < 4.78 is 5.52. The van der Waals surface area contributed by atoms with Crippen molar-refractivity contribution >= 4 is 11.9 Å². The van der Waals surface area contributed by atoms with E-state index in [9.17, 15) is 19.8 Å². The Kier molecular flexibility index (Phi) is 76.3. The smallest absolute Gasteiger partial charge is 0.305 e. The summed E-state index contributed by atoms with van der Waals surface area (Å²) in [4.78, 5) is 24.7. The number of nitrogens with one attached hydrogen (secondary N) is 1. The van der Waals surface area contributed by atoms with Crippen LogP contribution in [0.4, 0.5) is 0 Å². The maximum absolute atomic E-state index is 12.6. The van der Waals surface area contributed by atoms with Gasteiger partial charge in [-0.2, -0.15) is 0 Å². The van der Waals surface area contributed by atoms with E-state index >= 15 is 0 Å². The van der Waals surface area contributed by atoms with Gasteiger partial charge in [-0.3, -0.25) is 9.59 Å². The van der Waals surface area contributed by atoms with Gasteiger partial charge in [0.1, 0.15) is 0 Å². The molecule has 0 heterocycles. The minimum Gasteiger partial charge on any atom is -0.466 e. The zero-order valence-electron chi connectivity index (χ0n) is 59.8. The molecule has 2 unspecified atom stereocenters. The van der Waals surface area contributed by atoms with Gasteiger partial charge in [0.2, 0.25) is 5.91 Å². The Morgan fingerprint density at radius 2 is 0.471 bits per heavy atom. The van der Waals surface area contributed by atoms with Gasteiger partial charge in [0.15, 0.2) is 0 Å². The summed E-state index contributed by atoms with van der Waals surface area (Å²) in [5.41, 5.74) is 0. The second-order valence-corrected chi connectivity index (χ2v) is 28.5. The number of rotatable bonds is 78. The zero-order chi connectivity index (χ0) is 62.8. The van der Waals surface area contributed by atoms with E-state index < -0.39 is 12.1 Å². The van der Waals surface area contributed by atoms with Crippen LogP contribution in [0.3, 0.4) is 0 Å². The molecule has 6 nitrogen and oxygen atoms in total. The molecule has 0 spiro atoms. The van der Waals surface area contributed by atoms with Gasteiger partial charge in [-0.25, -0.2) is 0 Å².